The van der Waals surface area contributed by atoms with Gasteiger partial charge in [0.15, 0.2) is 5.82 Å². The molecule has 0 radical (unpaired) electrons. The van der Waals surface area contributed by atoms with E-state index in [1.54, 1.807) is 77.4 Å². The molecule has 5 aromatic carbocycles. The molecule has 0 fully saturated rings. The minimum atomic E-state index is -4.20. The third kappa shape index (κ3) is 5.45. The van der Waals surface area contributed by atoms with E-state index < -0.39 is 10.0 Å². The topological polar surface area (TPSA) is 72.3 Å². The average Bonchev–Trinajstić information content (AvgIpc) is 3.42. The Bertz CT molecular complexity index is 2030. The van der Waals surface area contributed by atoms with E-state index in [1.807, 2.05) is 81.4 Å². The molecule has 0 aliphatic heterocycles. The second-order valence-corrected chi connectivity index (χ2v) is 12.6. The summed E-state index contributed by atoms with van der Waals surface area (Å²) in [6.07, 6.45) is 0. The molecule has 0 unspecified atom stereocenters. The van der Waals surface area contributed by atoms with Crippen LogP contribution in [0.25, 0.3) is 22.6 Å². The van der Waals surface area contributed by atoms with E-state index in [0.717, 1.165) is 16.7 Å². The van der Waals surface area contributed by atoms with Gasteiger partial charge in [-0.05, 0) is 57.2 Å². The monoisotopic (exact) mass is 597 g/mol. The van der Waals surface area contributed by atoms with Gasteiger partial charge in [0.05, 0.1) is 10.6 Å². The maximum atomic E-state index is 14.6. The first-order valence-electron chi connectivity index (χ1n) is 14.3. The Hall–Kier alpha value is -5.27. The summed E-state index contributed by atoms with van der Waals surface area (Å²) in [4.78, 5) is 19.6. The predicted molar refractivity (Wildman–Crippen MR) is 176 cm³/mol. The van der Waals surface area contributed by atoms with Crippen LogP contribution in [-0.2, 0) is 10.0 Å². The number of aryl methyl sites for hydroxylation is 3. The van der Waals surface area contributed by atoms with E-state index in [1.165, 1.54) is 4.31 Å². The second-order valence-electron chi connectivity index (χ2n) is 10.8. The van der Waals surface area contributed by atoms with Gasteiger partial charge < -0.3 is 0 Å². The van der Waals surface area contributed by atoms with Crippen LogP contribution < -0.4 is 4.31 Å². The summed E-state index contributed by atoms with van der Waals surface area (Å²) in [6.45, 7) is 5.87. The molecular weight excluding hydrogens is 566 g/mol. The van der Waals surface area contributed by atoms with Crippen molar-refractivity contribution in [2.45, 2.75) is 25.7 Å². The summed E-state index contributed by atoms with van der Waals surface area (Å²) in [5.74, 6) is 0.140. The van der Waals surface area contributed by atoms with Gasteiger partial charge in [0.25, 0.3) is 15.9 Å². The second kappa shape index (κ2) is 11.8. The number of imidazole rings is 1. The SMILES string of the molecule is Cc1ccc(-c2nc(N(c3ccccc3)S(=O)(=O)c3ccc(C)cc3)c(-c3ccc(C)cc3)n2C(=O)c2ccccc2)cc1. The van der Waals surface area contributed by atoms with Crippen LogP contribution in [0.1, 0.15) is 27.0 Å². The molecule has 0 bridgehead atoms. The highest BCUT2D eigenvalue weighted by Gasteiger charge is 2.35. The Labute approximate surface area is 257 Å². The van der Waals surface area contributed by atoms with Crippen molar-refractivity contribution in [1.29, 1.82) is 0 Å². The van der Waals surface area contributed by atoms with Gasteiger partial charge in [-0.25, -0.2) is 17.7 Å². The summed E-state index contributed by atoms with van der Waals surface area (Å²) >= 11 is 0. The van der Waals surface area contributed by atoms with Gasteiger partial charge in [-0.3, -0.25) is 9.36 Å². The highest BCUT2D eigenvalue weighted by atomic mass is 32.2. The summed E-state index contributed by atoms with van der Waals surface area (Å²) in [6, 6.07) is 39.9. The number of sulfonamides is 1. The highest BCUT2D eigenvalue weighted by molar-refractivity contribution is 7.93. The molecule has 0 atom stereocenters. The first kappa shape index (κ1) is 28.8. The lowest BCUT2D eigenvalue weighted by atomic mass is 10.1. The van der Waals surface area contributed by atoms with Gasteiger partial charge in [0.1, 0.15) is 11.5 Å². The molecule has 0 N–H and O–H groups in total. The Morgan fingerprint density at radius 1 is 0.614 bits per heavy atom. The zero-order valence-corrected chi connectivity index (χ0v) is 25.5. The van der Waals surface area contributed by atoms with Crippen molar-refractivity contribution in [3.05, 3.63) is 156 Å². The molecule has 0 saturated carbocycles. The summed E-state index contributed by atoms with van der Waals surface area (Å²) in [7, 11) is -4.20. The molecular formula is C37H31N3O3S. The molecule has 44 heavy (non-hydrogen) atoms. The third-order valence-corrected chi connectivity index (χ3v) is 9.19. The molecule has 0 amide bonds. The lowest BCUT2D eigenvalue weighted by Gasteiger charge is -2.24. The lowest BCUT2D eigenvalue weighted by molar-refractivity contribution is 0.0963. The lowest BCUT2D eigenvalue weighted by Crippen LogP contribution is -2.27. The van der Waals surface area contributed by atoms with Crippen molar-refractivity contribution in [2.75, 3.05) is 4.31 Å². The van der Waals surface area contributed by atoms with E-state index >= 15 is 0 Å². The van der Waals surface area contributed by atoms with Crippen LogP contribution in [0.5, 0.6) is 0 Å². The van der Waals surface area contributed by atoms with Crippen LogP contribution in [0.2, 0.25) is 0 Å². The Kier molecular flexibility index (Phi) is 7.72. The van der Waals surface area contributed by atoms with Crippen molar-refractivity contribution in [3.63, 3.8) is 0 Å². The maximum Gasteiger partial charge on any atom is 0.269 e. The van der Waals surface area contributed by atoms with Gasteiger partial charge in [0, 0.05) is 16.7 Å². The van der Waals surface area contributed by atoms with Crippen LogP contribution in [-0.4, -0.2) is 23.9 Å². The quantitative estimate of drug-likeness (QED) is 0.185. The summed E-state index contributed by atoms with van der Waals surface area (Å²) in [5.41, 5.74) is 5.57. The molecule has 6 nitrogen and oxygen atoms in total. The standard InChI is InChI=1S/C37H31N3O3S/c1-26-14-20-29(21-15-26)34-36(40(32-12-8-5-9-13-32)44(42,43)33-24-18-28(3)19-25-33)38-35(30-22-16-27(2)17-23-30)39(34)37(41)31-10-6-4-7-11-31/h4-25H,1-3H3. The predicted octanol–water partition coefficient (Wildman–Crippen LogP) is 8.36. The molecule has 0 aliphatic carbocycles. The number of benzene rings is 5. The number of para-hydroxylation sites is 1. The first-order valence-corrected chi connectivity index (χ1v) is 15.7. The van der Waals surface area contributed by atoms with Crippen LogP contribution in [0.4, 0.5) is 11.5 Å². The normalized spacial score (nSPS) is 11.3. The van der Waals surface area contributed by atoms with E-state index in [0.29, 0.717) is 33.9 Å². The molecule has 6 aromatic rings. The van der Waals surface area contributed by atoms with Crippen molar-refractivity contribution in [2.24, 2.45) is 0 Å². The van der Waals surface area contributed by atoms with Crippen LogP contribution in [0, 0.1) is 20.8 Å². The minimum Gasteiger partial charge on any atom is -0.268 e. The average molecular weight is 598 g/mol. The zero-order chi connectivity index (χ0) is 30.8. The number of rotatable bonds is 7. The van der Waals surface area contributed by atoms with Gasteiger partial charge in [-0.15, -0.1) is 0 Å². The van der Waals surface area contributed by atoms with Gasteiger partial charge in [0.2, 0.25) is 0 Å². The Balaban J connectivity index is 1.73. The van der Waals surface area contributed by atoms with Crippen LogP contribution >= 0.6 is 0 Å². The zero-order valence-electron chi connectivity index (χ0n) is 24.7. The molecule has 7 heteroatoms. The third-order valence-electron chi connectivity index (χ3n) is 7.46. The number of anilines is 2. The number of carbonyl (C=O) groups is 1. The molecule has 0 saturated heterocycles. The van der Waals surface area contributed by atoms with Crippen LogP contribution in [0.15, 0.2) is 138 Å². The fourth-order valence-corrected chi connectivity index (χ4v) is 6.52. The van der Waals surface area contributed by atoms with Gasteiger partial charge >= 0.3 is 0 Å². The number of hydrogen-bond donors (Lipinski definition) is 0. The fourth-order valence-electron chi connectivity index (χ4n) is 5.08. The Morgan fingerprint density at radius 2 is 1.09 bits per heavy atom. The number of hydrogen-bond acceptors (Lipinski definition) is 4. The highest BCUT2D eigenvalue weighted by Crippen LogP contribution is 2.42. The molecule has 1 aromatic heterocycles. The van der Waals surface area contributed by atoms with E-state index in [9.17, 15) is 13.2 Å². The number of carbonyl (C=O) groups excluding carboxylic acids is 1. The fraction of sp³-hybridized carbons (Fsp3) is 0.0811. The molecule has 1 heterocycles. The van der Waals surface area contributed by atoms with Crippen molar-refractivity contribution in [3.8, 4) is 22.6 Å². The van der Waals surface area contributed by atoms with E-state index in [4.69, 9.17) is 4.98 Å². The van der Waals surface area contributed by atoms with Crippen LogP contribution in [0.3, 0.4) is 0 Å². The van der Waals surface area contributed by atoms with Gasteiger partial charge in [-0.2, -0.15) is 0 Å². The van der Waals surface area contributed by atoms with Crippen molar-refractivity contribution >= 4 is 27.4 Å². The molecule has 0 aliphatic rings. The maximum absolute atomic E-state index is 14.6. The first-order chi connectivity index (χ1) is 21.2. The summed E-state index contributed by atoms with van der Waals surface area (Å²) in [5, 5.41) is 0. The van der Waals surface area contributed by atoms with Gasteiger partial charge in [-0.1, -0.05) is 114 Å². The minimum absolute atomic E-state index is 0.114. The largest absolute Gasteiger partial charge is 0.269 e. The molecule has 0 spiro atoms. The molecule has 6 rings (SSSR count). The summed E-state index contributed by atoms with van der Waals surface area (Å²) < 4.78 is 32.0. The van der Waals surface area contributed by atoms with Crippen molar-refractivity contribution < 1.29 is 13.2 Å². The number of nitrogens with zero attached hydrogens (tertiary/aromatic N) is 3. The smallest absolute Gasteiger partial charge is 0.268 e. The Morgan fingerprint density at radius 3 is 1.64 bits per heavy atom. The van der Waals surface area contributed by atoms with E-state index in [-0.39, 0.29) is 16.6 Å². The number of aromatic nitrogens is 2. The van der Waals surface area contributed by atoms with E-state index in [2.05, 4.69) is 0 Å². The van der Waals surface area contributed by atoms with Crippen molar-refractivity contribution in [1.82, 2.24) is 9.55 Å². The molecule has 218 valence electrons.